The highest BCUT2D eigenvalue weighted by molar-refractivity contribution is 5.94. The van der Waals surface area contributed by atoms with Crippen LogP contribution in [0.25, 0.3) is 17.0 Å². The van der Waals surface area contributed by atoms with Gasteiger partial charge < -0.3 is 15.2 Å². The zero-order valence-corrected chi connectivity index (χ0v) is 17.0. The number of hydrogen-bond acceptors (Lipinski definition) is 4. The van der Waals surface area contributed by atoms with Crippen molar-refractivity contribution in [3.63, 3.8) is 0 Å². The minimum atomic E-state index is -0.558. The summed E-state index contributed by atoms with van der Waals surface area (Å²) in [5.41, 5.74) is 6.38. The van der Waals surface area contributed by atoms with E-state index in [4.69, 9.17) is 4.74 Å². The molecule has 0 bridgehead atoms. The molecule has 0 fully saturated rings. The van der Waals surface area contributed by atoms with Gasteiger partial charge in [-0.25, -0.2) is 4.68 Å². The van der Waals surface area contributed by atoms with Crippen LogP contribution in [-0.4, -0.2) is 34.4 Å². The molecule has 1 aliphatic carbocycles. The van der Waals surface area contributed by atoms with E-state index in [1.165, 1.54) is 30.0 Å². The van der Waals surface area contributed by atoms with Gasteiger partial charge >= 0.3 is 0 Å². The van der Waals surface area contributed by atoms with Crippen molar-refractivity contribution in [2.75, 3.05) is 13.7 Å². The highest BCUT2D eigenvalue weighted by Gasteiger charge is 2.22. The number of hydrogen-bond donors (Lipinski definition) is 2. The molecular formula is C23H24FN3O3. The van der Waals surface area contributed by atoms with Gasteiger partial charge in [0.15, 0.2) is 11.5 Å². The van der Waals surface area contributed by atoms with Crippen molar-refractivity contribution in [1.29, 1.82) is 0 Å². The van der Waals surface area contributed by atoms with Crippen molar-refractivity contribution < 1.29 is 19.0 Å². The summed E-state index contributed by atoms with van der Waals surface area (Å²) in [6, 6.07) is 6.43. The van der Waals surface area contributed by atoms with E-state index in [2.05, 4.69) is 28.8 Å². The van der Waals surface area contributed by atoms with Crippen molar-refractivity contribution in [2.24, 2.45) is 0 Å². The second-order valence-corrected chi connectivity index (χ2v) is 6.81. The van der Waals surface area contributed by atoms with Gasteiger partial charge in [0.1, 0.15) is 17.2 Å². The summed E-state index contributed by atoms with van der Waals surface area (Å²) in [7, 11) is 1.49. The van der Waals surface area contributed by atoms with Crippen LogP contribution in [0.1, 0.15) is 43.1 Å². The Hall–Kier alpha value is -3.53. The van der Waals surface area contributed by atoms with Crippen molar-refractivity contribution in [3.05, 3.63) is 59.4 Å². The molecule has 2 aromatic rings. The predicted octanol–water partition coefficient (Wildman–Crippen LogP) is 4.59. The molecule has 0 radical (unpaired) electrons. The molecule has 3 rings (SSSR count). The third-order valence-electron chi connectivity index (χ3n) is 4.66. The van der Waals surface area contributed by atoms with E-state index in [0.717, 1.165) is 25.7 Å². The normalized spacial score (nSPS) is 12.5. The lowest BCUT2D eigenvalue weighted by molar-refractivity contribution is 0.0947. The van der Waals surface area contributed by atoms with Gasteiger partial charge in [-0.3, -0.25) is 4.79 Å². The van der Waals surface area contributed by atoms with Crippen molar-refractivity contribution in [2.45, 2.75) is 32.6 Å². The topological polar surface area (TPSA) is 76.4 Å². The molecular weight excluding hydrogens is 385 g/mol. The third kappa shape index (κ3) is 4.71. The van der Waals surface area contributed by atoms with Gasteiger partial charge in [0.2, 0.25) is 0 Å². The highest BCUT2D eigenvalue weighted by Crippen LogP contribution is 2.39. The first-order valence-electron chi connectivity index (χ1n) is 9.89. The lowest BCUT2D eigenvalue weighted by Crippen LogP contribution is -2.25. The van der Waals surface area contributed by atoms with Gasteiger partial charge in [-0.2, -0.15) is 9.49 Å². The maximum Gasteiger partial charge on any atom is 0.271 e. The number of amides is 1. The molecule has 1 amide bonds. The SMILES string of the molecule is CCCCCCNC(=O)c1cc(-c2c(O)cccc2OC)n(C2=C=C=C(F)C=C2)n1. The Balaban J connectivity index is 2.01. The van der Waals surface area contributed by atoms with E-state index in [1.54, 1.807) is 18.2 Å². The summed E-state index contributed by atoms with van der Waals surface area (Å²) in [5, 5.41) is 17.7. The first-order chi connectivity index (χ1) is 14.5. The number of benzene rings is 1. The van der Waals surface area contributed by atoms with Crippen LogP contribution in [-0.2, 0) is 0 Å². The maximum atomic E-state index is 13.3. The van der Waals surface area contributed by atoms with Crippen molar-refractivity contribution >= 4 is 11.6 Å². The van der Waals surface area contributed by atoms with Gasteiger partial charge in [0, 0.05) is 6.54 Å². The molecule has 1 heterocycles. The first-order valence-corrected chi connectivity index (χ1v) is 9.89. The summed E-state index contributed by atoms with van der Waals surface area (Å²) in [6.45, 7) is 2.68. The second kappa shape index (κ2) is 9.79. The Morgan fingerprint density at radius 2 is 2.10 bits per heavy atom. The average molecular weight is 409 g/mol. The number of ether oxygens (including phenoxy) is 1. The Labute approximate surface area is 174 Å². The number of phenols is 1. The number of aromatic hydroxyl groups is 1. The Morgan fingerprint density at radius 3 is 2.80 bits per heavy atom. The van der Waals surface area contributed by atoms with Crippen LogP contribution >= 0.6 is 0 Å². The van der Waals surface area contributed by atoms with Crippen LogP contribution in [0.3, 0.4) is 0 Å². The average Bonchev–Trinajstić information content (AvgIpc) is 3.18. The number of nitrogens with zero attached hydrogens (tertiary/aromatic N) is 2. The molecule has 0 saturated carbocycles. The van der Waals surface area contributed by atoms with Crippen LogP contribution in [0.15, 0.2) is 53.7 Å². The van der Waals surface area contributed by atoms with E-state index in [-0.39, 0.29) is 17.4 Å². The van der Waals surface area contributed by atoms with Gasteiger partial charge in [-0.15, -0.1) is 0 Å². The van der Waals surface area contributed by atoms with Crippen LogP contribution in [0.2, 0.25) is 0 Å². The molecule has 7 heteroatoms. The first kappa shape index (κ1) is 21.2. The molecule has 1 aliphatic rings. The summed E-state index contributed by atoms with van der Waals surface area (Å²) in [4.78, 5) is 12.6. The number of aromatic nitrogens is 2. The number of carbonyl (C=O) groups excluding carboxylic acids is 1. The van der Waals surface area contributed by atoms with E-state index in [0.29, 0.717) is 29.2 Å². The number of nitrogens with one attached hydrogen (secondary N) is 1. The van der Waals surface area contributed by atoms with Crippen molar-refractivity contribution in [3.8, 4) is 22.8 Å². The molecule has 0 unspecified atom stereocenters. The van der Waals surface area contributed by atoms with E-state index < -0.39 is 5.83 Å². The van der Waals surface area contributed by atoms with E-state index in [1.807, 2.05) is 0 Å². The number of carbonyl (C=O) groups is 1. The number of halogens is 1. The van der Waals surface area contributed by atoms with Crippen LogP contribution in [0.5, 0.6) is 11.5 Å². The Kier molecular flexibility index (Phi) is 6.91. The Morgan fingerprint density at radius 1 is 1.27 bits per heavy atom. The van der Waals surface area contributed by atoms with E-state index >= 15 is 0 Å². The lowest BCUT2D eigenvalue weighted by Gasteiger charge is -2.12. The molecule has 30 heavy (non-hydrogen) atoms. The fourth-order valence-electron chi connectivity index (χ4n) is 3.13. The van der Waals surface area contributed by atoms with Crippen molar-refractivity contribution in [1.82, 2.24) is 15.1 Å². The minimum absolute atomic E-state index is 0.0342. The molecule has 0 atom stereocenters. The molecule has 2 N–H and O–H groups in total. The quantitative estimate of drug-likeness (QED) is 0.469. The number of rotatable bonds is 9. The molecule has 156 valence electrons. The standard InChI is InChI=1S/C23H24FN3O3/c1-3-4-5-6-14-25-23(29)18-15-19(22-20(28)8-7-9-21(22)30-2)27(26-18)17-12-10-16(24)11-13-17/h7-10,12,15,28H,3-6,14H2,1-2H3,(H,25,29). The van der Waals surface area contributed by atoms with Crippen LogP contribution in [0.4, 0.5) is 4.39 Å². The number of allylic oxidation sites excluding steroid dienone is 4. The summed E-state index contributed by atoms with van der Waals surface area (Å²) in [5.74, 6) is -0.508. The number of unbranched alkanes of at least 4 members (excludes halogenated alkanes) is 3. The Bertz CT molecular complexity index is 1070. The monoisotopic (exact) mass is 409 g/mol. The fourth-order valence-corrected chi connectivity index (χ4v) is 3.13. The highest BCUT2D eigenvalue weighted by atomic mass is 19.1. The van der Waals surface area contributed by atoms with Gasteiger partial charge in [-0.05, 0) is 48.2 Å². The molecule has 1 aromatic carbocycles. The van der Waals surface area contributed by atoms with Crippen LogP contribution in [0, 0.1) is 0 Å². The lowest BCUT2D eigenvalue weighted by atomic mass is 10.1. The van der Waals surface area contributed by atoms with Crippen LogP contribution < -0.4 is 10.1 Å². The predicted molar refractivity (Wildman–Crippen MR) is 113 cm³/mol. The maximum absolute atomic E-state index is 13.3. The zero-order valence-electron chi connectivity index (χ0n) is 17.0. The van der Waals surface area contributed by atoms with Gasteiger partial charge in [-0.1, -0.05) is 32.3 Å². The summed E-state index contributed by atoms with van der Waals surface area (Å²) < 4.78 is 20.1. The smallest absolute Gasteiger partial charge is 0.271 e. The van der Waals surface area contributed by atoms with E-state index in [9.17, 15) is 14.3 Å². The molecule has 0 saturated heterocycles. The molecule has 6 nitrogen and oxygen atoms in total. The van der Waals surface area contributed by atoms with Gasteiger partial charge in [0.25, 0.3) is 5.91 Å². The zero-order chi connectivity index (χ0) is 21.5. The molecule has 1 aromatic heterocycles. The largest absolute Gasteiger partial charge is 0.507 e. The second-order valence-electron chi connectivity index (χ2n) is 6.81. The minimum Gasteiger partial charge on any atom is -0.507 e. The molecule has 0 aliphatic heterocycles. The summed E-state index contributed by atoms with van der Waals surface area (Å²) in [6.07, 6.45) is 6.88. The number of phenolic OH excluding ortho intramolecular Hbond substituents is 1. The third-order valence-corrected chi connectivity index (χ3v) is 4.66. The number of methoxy groups -OCH3 is 1. The van der Waals surface area contributed by atoms with Gasteiger partial charge in [0.05, 0.1) is 18.4 Å². The fraction of sp³-hybridized carbons (Fsp3) is 0.304. The summed E-state index contributed by atoms with van der Waals surface area (Å²) >= 11 is 0. The molecule has 0 spiro atoms.